The fourth-order valence-electron chi connectivity index (χ4n) is 1.52. The first-order valence-electron chi connectivity index (χ1n) is 5.92. The lowest BCUT2D eigenvalue weighted by molar-refractivity contribution is 0.396. The lowest BCUT2D eigenvalue weighted by Gasteiger charge is -2.13. The summed E-state index contributed by atoms with van der Waals surface area (Å²) in [4.78, 5) is 0. The molecule has 1 aromatic rings. The minimum Gasteiger partial charge on any atom is -0.481 e. The van der Waals surface area contributed by atoms with Crippen LogP contribution in [-0.2, 0) is 11.3 Å². The molecule has 1 rings (SSSR count). The van der Waals surface area contributed by atoms with Gasteiger partial charge in [0.2, 0.25) is 5.90 Å². The molecule has 3 heteroatoms. The van der Waals surface area contributed by atoms with Gasteiger partial charge in [-0.15, -0.1) is 6.58 Å². The molecule has 0 fully saturated rings. The lowest BCUT2D eigenvalue weighted by Crippen LogP contribution is -2.15. The molecule has 0 amide bonds. The van der Waals surface area contributed by atoms with Crippen LogP contribution in [0.15, 0.2) is 54.8 Å². The predicted octanol–water partition coefficient (Wildman–Crippen LogP) is 3.11. The van der Waals surface area contributed by atoms with Crippen molar-refractivity contribution in [2.75, 3.05) is 7.11 Å². The number of ether oxygens (including phenoxy) is 1. The van der Waals surface area contributed by atoms with E-state index in [0.29, 0.717) is 0 Å². The highest BCUT2D eigenvalue weighted by Gasteiger charge is 2.10. The van der Waals surface area contributed by atoms with E-state index in [1.807, 2.05) is 31.3 Å². The van der Waals surface area contributed by atoms with Crippen LogP contribution >= 0.6 is 0 Å². The molecule has 1 unspecified atom stereocenters. The summed E-state index contributed by atoms with van der Waals surface area (Å²) in [6, 6.07) is 10.1. The Morgan fingerprint density at radius 2 is 2.11 bits per heavy atom. The van der Waals surface area contributed by atoms with Gasteiger partial charge in [-0.1, -0.05) is 43.3 Å². The summed E-state index contributed by atoms with van der Waals surface area (Å²) < 4.78 is 4.97. The summed E-state index contributed by atoms with van der Waals surface area (Å²) in [6.45, 7) is 6.45. The molecule has 0 aliphatic carbocycles. The maximum Gasteiger partial charge on any atom is 0.210 e. The summed E-state index contributed by atoms with van der Waals surface area (Å²) in [5.74, 6) is 0.253. The van der Waals surface area contributed by atoms with Gasteiger partial charge in [-0.2, -0.15) is 0 Å². The third kappa shape index (κ3) is 4.09. The van der Waals surface area contributed by atoms with Crippen LogP contribution < -0.4 is 5.32 Å². The molecule has 2 N–H and O–H groups in total. The fraction of sp³-hybridized carbons (Fsp3) is 0.267. The quantitative estimate of drug-likeness (QED) is 0.459. The van der Waals surface area contributed by atoms with Gasteiger partial charge in [0.05, 0.1) is 7.11 Å². The van der Waals surface area contributed by atoms with Gasteiger partial charge in [-0.3, -0.25) is 5.41 Å². The topological polar surface area (TPSA) is 45.1 Å². The summed E-state index contributed by atoms with van der Waals surface area (Å²) in [5, 5.41) is 10.9. The van der Waals surface area contributed by atoms with Crippen LogP contribution in [0.25, 0.3) is 0 Å². The van der Waals surface area contributed by atoms with Crippen molar-refractivity contribution in [3.8, 4) is 0 Å². The molecular weight excluding hydrogens is 224 g/mol. The van der Waals surface area contributed by atoms with E-state index >= 15 is 0 Å². The van der Waals surface area contributed by atoms with E-state index in [2.05, 4.69) is 24.0 Å². The van der Waals surface area contributed by atoms with Gasteiger partial charge in [-0.05, 0) is 5.56 Å². The summed E-state index contributed by atoms with van der Waals surface area (Å²) >= 11 is 0. The second-order valence-corrected chi connectivity index (χ2v) is 4.02. The van der Waals surface area contributed by atoms with Crippen LogP contribution in [0.5, 0.6) is 0 Å². The number of nitrogens with one attached hydrogen (secondary N) is 2. The maximum atomic E-state index is 7.73. The number of hydrogen-bond donors (Lipinski definition) is 2. The minimum absolute atomic E-state index is 0.0840. The number of hydrogen-bond acceptors (Lipinski definition) is 3. The highest BCUT2D eigenvalue weighted by molar-refractivity contribution is 5.91. The molecule has 1 aromatic carbocycles. The molecule has 0 radical (unpaired) electrons. The molecule has 18 heavy (non-hydrogen) atoms. The van der Waals surface area contributed by atoms with Gasteiger partial charge in [0.1, 0.15) is 0 Å². The average Bonchev–Trinajstić information content (AvgIpc) is 2.43. The number of rotatable bonds is 6. The zero-order chi connectivity index (χ0) is 13.4. The third-order valence-corrected chi connectivity index (χ3v) is 2.72. The molecule has 0 aliphatic rings. The Hall–Kier alpha value is -2.03. The van der Waals surface area contributed by atoms with Gasteiger partial charge in [0.25, 0.3) is 0 Å². The van der Waals surface area contributed by atoms with Crippen molar-refractivity contribution < 1.29 is 4.74 Å². The van der Waals surface area contributed by atoms with Gasteiger partial charge in [-0.25, -0.2) is 0 Å². The van der Waals surface area contributed by atoms with E-state index < -0.39 is 0 Å². The van der Waals surface area contributed by atoms with Gasteiger partial charge >= 0.3 is 0 Å². The van der Waals surface area contributed by atoms with E-state index in [4.69, 9.17) is 10.1 Å². The van der Waals surface area contributed by atoms with Crippen LogP contribution in [0.4, 0.5) is 0 Å². The highest BCUT2D eigenvalue weighted by atomic mass is 16.5. The predicted molar refractivity (Wildman–Crippen MR) is 75.5 cm³/mol. The van der Waals surface area contributed by atoms with E-state index in [1.165, 1.54) is 12.7 Å². The molecule has 0 spiro atoms. The Morgan fingerprint density at radius 3 is 2.67 bits per heavy atom. The lowest BCUT2D eigenvalue weighted by atomic mass is 10.0. The van der Waals surface area contributed by atoms with Crippen LogP contribution in [0.1, 0.15) is 12.5 Å². The Labute approximate surface area is 109 Å². The van der Waals surface area contributed by atoms with Crippen molar-refractivity contribution in [2.45, 2.75) is 13.5 Å². The second kappa shape index (κ2) is 7.33. The fourth-order valence-corrected chi connectivity index (χ4v) is 1.52. The van der Waals surface area contributed by atoms with Crippen molar-refractivity contribution in [3.63, 3.8) is 0 Å². The zero-order valence-corrected chi connectivity index (χ0v) is 10.9. The molecular formula is C15H20N2O. The van der Waals surface area contributed by atoms with Gasteiger partial charge in [0, 0.05) is 24.2 Å². The van der Waals surface area contributed by atoms with E-state index in [9.17, 15) is 0 Å². The maximum absolute atomic E-state index is 7.73. The third-order valence-electron chi connectivity index (χ3n) is 2.72. The molecule has 0 aromatic heterocycles. The van der Waals surface area contributed by atoms with Crippen molar-refractivity contribution in [2.24, 2.45) is 5.92 Å². The smallest absolute Gasteiger partial charge is 0.210 e. The number of benzene rings is 1. The van der Waals surface area contributed by atoms with Crippen LogP contribution in [0, 0.1) is 11.3 Å². The van der Waals surface area contributed by atoms with Crippen LogP contribution in [0.3, 0.4) is 0 Å². The molecule has 0 bridgehead atoms. The molecule has 0 saturated carbocycles. The largest absolute Gasteiger partial charge is 0.481 e. The Kier molecular flexibility index (Phi) is 5.71. The van der Waals surface area contributed by atoms with Gasteiger partial charge in [0.15, 0.2) is 0 Å². The standard InChI is InChI=1S/C15H20N2O/c1-4-12(2)14(15(16)18-3)11-17-10-13-8-6-5-7-9-13/h4-9,11-12,16-17H,1,10H2,2-3H3/b14-11-,16-15?. The Bertz CT molecular complexity index is 423. The molecule has 96 valence electrons. The number of methoxy groups -OCH3 is 1. The van der Waals surface area contributed by atoms with Crippen LogP contribution in [-0.4, -0.2) is 13.0 Å². The molecule has 3 nitrogen and oxygen atoms in total. The second-order valence-electron chi connectivity index (χ2n) is 4.02. The molecule has 1 atom stereocenters. The first-order valence-corrected chi connectivity index (χ1v) is 5.92. The van der Waals surface area contributed by atoms with E-state index in [-0.39, 0.29) is 11.8 Å². The Morgan fingerprint density at radius 1 is 1.44 bits per heavy atom. The Balaban J connectivity index is 2.66. The molecule has 0 saturated heterocycles. The SMILES string of the molecule is C=CC(C)/C(=C/NCc1ccccc1)C(=N)OC. The normalized spacial score (nSPS) is 12.7. The molecule has 0 heterocycles. The van der Waals surface area contributed by atoms with E-state index in [0.717, 1.165) is 12.1 Å². The van der Waals surface area contributed by atoms with Crippen LogP contribution in [0.2, 0.25) is 0 Å². The van der Waals surface area contributed by atoms with Crippen molar-refractivity contribution in [1.82, 2.24) is 5.32 Å². The zero-order valence-electron chi connectivity index (χ0n) is 10.9. The van der Waals surface area contributed by atoms with Gasteiger partial charge < -0.3 is 10.1 Å². The average molecular weight is 244 g/mol. The van der Waals surface area contributed by atoms with Crippen molar-refractivity contribution >= 4 is 5.90 Å². The monoisotopic (exact) mass is 244 g/mol. The highest BCUT2D eigenvalue weighted by Crippen LogP contribution is 2.12. The number of allylic oxidation sites excluding steroid dienone is 1. The first-order chi connectivity index (χ1) is 8.69. The summed E-state index contributed by atoms with van der Waals surface area (Å²) in [5.41, 5.74) is 1.99. The first kappa shape index (κ1) is 14.0. The summed E-state index contributed by atoms with van der Waals surface area (Å²) in [6.07, 6.45) is 3.62. The minimum atomic E-state index is 0.0840. The van der Waals surface area contributed by atoms with E-state index in [1.54, 1.807) is 6.08 Å². The summed E-state index contributed by atoms with van der Waals surface area (Å²) in [7, 11) is 1.50. The van der Waals surface area contributed by atoms with Crippen molar-refractivity contribution in [3.05, 3.63) is 60.3 Å². The molecule has 0 aliphatic heterocycles. The van der Waals surface area contributed by atoms with Crippen molar-refractivity contribution in [1.29, 1.82) is 5.41 Å².